The quantitative estimate of drug-likeness (QED) is 0.521. The first-order valence-corrected chi connectivity index (χ1v) is 9.64. The van der Waals surface area contributed by atoms with Crippen LogP contribution in [0.3, 0.4) is 0 Å². The number of carbonyl (C=O) groups excluding carboxylic acids is 1. The summed E-state index contributed by atoms with van der Waals surface area (Å²) in [6.45, 7) is 5.91. The standard InChI is InChI=1S/C21H19ClFN5O2/c1-21(2,3)18-9-16(27-30-18)20(29)24-10-12-7-15(23)13(8-14(12)22)19-17-5-4-6-28(17)26-11-25-19/h4-9,11H,10H2,1-3H3,(H,24,29). The molecule has 9 heteroatoms. The molecule has 0 unspecified atom stereocenters. The number of halogens is 2. The summed E-state index contributed by atoms with van der Waals surface area (Å²) in [7, 11) is 0. The Balaban J connectivity index is 1.55. The van der Waals surface area contributed by atoms with E-state index in [1.54, 1.807) is 28.9 Å². The summed E-state index contributed by atoms with van der Waals surface area (Å²) in [6.07, 6.45) is 3.10. The van der Waals surface area contributed by atoms with Crippen molar-refractivity contribution < 1.29 is 13.7 Å². The van der Waals surface area contributed by atoms with Gasteiger partial charge in [-0.3, -0.25) is 4.79 Å². The predicted molar refractivity (Wildman–Crippen MR) is 110 cm³/mol. The van der Waals surface area contributed by atoms with E-state index in [1.807, 2.05) is 20.8 Å². The van der Waals surface area contributed by atoms with Gasteiger partial charge in [0.05, 0.1) is 5.52 Å². The van der Waals surface area contributed by atoms with E-state index in [4.69, 9.17) is 16.1 Å². The fraction of sp³-hybridized carbons (Fsp3) is 0.238. The summed E-state index contributed by atoms with van der Waals surface area (Å²) in [4.78, 5) is 16.6. The van der Waals surface area contributed by atoms with Crippen LogP contribution in [0.5, 0.6) is 0 Å². The molecule has 1 amide bonds. The van der Waals surface area contributed by atoms with Crippen LogP contribution in [0.1, 0.15) is 42.6 Å². The van der Waals surface area contributed by atoms with Crippen molar-refractivity contribution in [2.45, 2.75) is 32.7 Å². The van der Waals surface area contributed by atoms with E-state index in [0.29, 0.717) is 27.6 Å². The number of fused-ring (bicyclic) bond motifs is 1. The molecule has 7 nitrogen and oxygen atoms in total. The molecule has 0 saturated carbocycles. The van der Waals surface area contributed by atoms with Gasteiger partial charge in [0.2, 0.25) is 0 Å². The molecule has 0 radical (unpaired) electrons. The smallest absolute Gasteiger partial charge is 0.273 e. The van der Waals surface area contributed by atoms with Crippen LogP contribution in [0, 0.1) is 5.82 Å². The zero-order valence-electron chi connectivity index (χ0n) is 16.6. The van der Waals surface area contributed by atoms with Crippen molar-refractivity contribution in [2.24, 2.45) is 0 Å². The maximum Gasteiger partial charge on any atom is 0.273 e. The molecule has 0 spiro atoms. The number of nitrogens with one attached hydrogen (secondary N) is 1. The summed E-state index contributed by atoms with van der Waals surface area (Å²) >= 11 is 6.37. The van der Waals surface area contributed by atoms with Crippen molar-refractivity contribution in [3.8, 4) is 11.3 Å². The Morgan fingerprint density at radius 1 is 1.30 bits per heavy atom. The third-order valence-corrected chi connectivity index (χ3v) is 5.00. The Morgan fingerprint density at radius 2 is 2.10 bits per heavy atom. The molecular formula is C21H19ClFN5O2. The van der Waals surface area contributed by atoms with E-state index in [-0.39, 0.29) is 23.2 Å². The van der Waals surface area contributed by atoms with Gasteiger partial charge in [-0.1, -0.05) is 37.5 Å². The number of aromatic nitrogens is 4. The van der Waals surface area contributed by atoms with Crippen molar-refractivity contribution in [1.29, 1.82) is 0 Å². The van der Waals surface area contributed by atoms with Crippen LogP contribution in [-0.2, 0) is 12.0 Å². The van der Waals surface area contributed by atoms with Gasteiger partial charge in [-0.2, -0.15) is 5.10 Å². The average molecular weight is 428 g/mol. The van der Waals surface area contributed by atoms with Crippen LogP contribution < -0.4 is 5.32 Å². The highest BCUT2D eigenvalue weighted by molar-refractivity contribution is 6.31. The Bertz CT molecular complexity index is 1240. The van der Waals surface area contributed by atoms with Crippen LogP contribution >= 0.6 is 11.6 Å². The Morgan fingerprint density at radius 3 is 2.83 bits per heavy atom. The minimum absolute atomic E-state index is 0.0386. The van der Waals surface area contributed by atoms with E-state index < -0.39 is 11.7 Å². The highest BCUT2D eigenvalue weighted by Crippen LogP contribution is 2.30. The predicted octanol–water partition coefficient (Wildman–Crippen LogP) is 4.40. The van der Waals surface area contributed by atoms with Crippen molar-refractivity contribution in [3.05, 3.63) is 70.7 Å². The zero-order chi connectivity index (χ0) is 21.5. The summed E-state index contributed by atoms with van der Waals surface area (Å²) in [5, 5.41) is 10.9. The third-order valence-electron chi connectivity index (χ3n) is 4.65. The molecule has 154 valence electrons. The van der Waals surface area contributed by atoms with Gasteiger partial charge in [0.1, 0.15) is 23.6 Å². The van der Waals surface area contributed by atoms with Gasteiger partial charge < -0.3 is 9.84 Å². The summed E-state index contributed by atoms with van der Waals surface area (Å²) in [5.74, 6) is -0.329. The van der Waals surface area contributed by atoms with E-state index in [9.17, 15) is 9.18 Å². The van der Waals surface area contributed by atoms with Crippen LogP contribution in [0.4, 0.5) is 4.39 Å². The molecule has 3 heterocycles. The normalized spacial score (nSPS) is 11.8. The lowest BCUT2D eigenvalue weighted by Gasteiger charge is -2.12. The lowest BCUT2D eigenvalue weighted by Crippen LogP contribution is -2.23. The second kappa shape index (κ2) is 7.53. The molecule has 0 atom stereocenters. The molecule has 3 aromatic heterocycles. The van der Waals surface area contributed by atoms with Crippen LogP contribution in [-0.4, -0.2) is 25.7 Å². The number of hydrogen-bond donors (Lipinski definition) is 1. The molecule has 0 aliphatic heterocycles. The van der Waals surface area contributed by atoms with Crippen LogP contribution in [0.2, 0.25) is 5.02 Å². The molecule has 1 N–H and O–H groups in total. The van der Waals surface area contributed by atoms with Gasteiger partial charge in [-0.05, 0) is 29.8 Å². The summed E-state index contributed by atoms with van der Waals surface area (Å²) in [5.41, 5.74) is 1.68. The Labute approximate surface area is 176 Å². The van der Waals surface area contributed by atoms with Gasteiger partial charge in [0, 0.05) is 34.8 Å². The van der Waals surface area contributed by atoms with Gasteiger partial charge in [-0.15, -0.1) is 0 Å². The molecule has 0 aliphatic carbocycles. The number of hydrogen-bond acceptors (Lipinski definition) is 5. The van der Waals surface area contributed by atoms with Gasteiger partial charge >= 0.3 is 0 Å². The lowest BCUT2D eigenvalue weighted by molar-refractivity contribution is 0.0941. The summed E-state index contributed by atoms with van der Waals surface area (Å²) < 4.78 is 21.7. The van der Waals surface area contributed by atoms with Crippen molar-refractivity contribution >= 4 is 23.0 Å². The first-order valence-electron chi connectivity index (χ1n) is 9.26. The first-order chi connectivity index (χ1) is 14.2. The van der Waals surface area contributed by atoms with E-state index in [2.05, 4.69) is 20.6 Å². The minimum Gasteiger partial charge on any atom is -0.360 e. The van der Waals surface area contributed by atoms with E-state index in [1.165, 1.54) is 18.5 Å². The van der Waals surface area contributed by atoms with Crippen LogP contribution in [0.25, 0.3) is 16.8 Å². The second-order valence-corrected chi connectivity index (χ2v) is 8.29. The Kier molecular flexibility index (Phi) is 5.03. The topological polar surface area (TPSA) is 85.3 Å². The minimum atomic E-state index is -0.498. The summed E-state index contributed by atoms with van der Waals surface area (Å²) in [6, 6.07) is 7.98. The Hall–Kier alpha value is -3.26. The highest BCUT2D eigenvalue weighted by atomic mass is 35.5. The molecule has 1 aromatic carbocycles. The third kappa shape index (κ3) is 3.78. The molecule has 4 rings (SSSR count). The van der Waals surface area contributed by atoms with Gasteiger partial charge in [-0.25, -0.2) is 13.9 Å². The molecule has 4 aromatic rings. The second-order valence-electron chi connectivity index (χ2n) is 7.88. The molecule has 30 heavy (non-hydrogen) atoms. The molecule has 0 aliphatic rings. The van der Waals surface area contributed by atoms with Crippen LogP contribution in [0.15, 0.2) is 47.4 Å². The zero-order valence-corrected chi connectivity index (χ0v) is 17.4. The van der Waals surface area contributed by atoms with Gasteiger partial charge in [0.15, 0.2) is 5.69 Å². The van der Waals surface area contributed by atoms with E-state index >= 15 is 0 Å². The van der Waals surface area contributed by atoms with E-state index in [0.717, 1.165) is 0 Å². The number of rotatable bonds is 4. The fourth-order valence-corrected chi connectivity index (χ4v) is 3.21. The maximum absolute atomic E-state index is 14.9. The number of carbonyl (C=O) groups is 1. The maximum atomic E-state index is 14.9. The monoisotopic (exact) mass is 427 g/mol. The highest BCUT2D eigenvalue weighted by Gasteiger charge is 2.22. The molecule has 0 bridgehead atoms. The average Bonchev–Trinajstić information content (AvgIpc) is 3.37. The molecular weight excluding hydrogens is 409 g/mol. The SMILES string of the molecule is CC(C)(C)c1cc(C(=O)NCc2cc(F)c(-c3ncnn4cccc34)cc2Cl)no1. The number of amides is 1. The molecule has 0 saturated heterocycles. The fourth-order valence-electron chi connectivity index (χ4n) is 2.98. The van der Waals surface area contributed by atoms with Crippen molar-refractivity contribution in [3.63, 3.8) is 0 Å². The largest absolute Gasteiger partial charge is 0.360 e. The molecule has 0 fully saturated rings. The van der Waals surface area contributed by atoms with Gasteiger partial charge in [0.25, 0.3) is 5.91 Å². The lowest BCUT2D eigenvalue weighted by atomic mass is 9.93. The first kappa shape index (κ1) is 20.0. The van der Waals surface area contributed by atoms with Crippen molar-refractivity contribution in [1.82, 2.24) is 25.1 Å². The van der Waals surface area contributed by atoms with Crippen molar-refractivity contribution in [2.75, 3.05) is 0 Å². The number of nitrogens with zero attached hydrogens (tertiary/aromatic N) is 4. The number of benzene rings is 1.